The van der Waals surface area contributed by atoms with Crippen LogP contribution in [0.15, 0.2) is 30.3 Å². The molecule has 1 unspecified atom stereocenters. The fourth-order valence-electron chi connectivity index (χ4n) is 0.567. The van der Waals surface area contributed by atoms with Gasteiger partial charge in [-0.1, -0.05) is 18.2 Å². The fraction of sp³-hybridized carbons (Fsp3) is 0. The van der Waals surface area contributed by atoms with E-state index in [1.165, 1.54) is 0 Å². The molecule has 0 aromatic heterocycles. The van der Waals surface area contributed by atoms with Crippen LogP contribution in [0.4, 0.5) is 0 Å². The average molecular weight is 214 g/mol. The number of thiol groups is 1. The van der Waals surface area contributed by atoms with Crippen LogP contribution in [0.1, 0.15) is 0 Å². The van der Waals surface area contributed by atoms with Crippen molar-refractivity contribution in [1.82, 2.24) is 0 Å². The third kappa shape index (κ3) is 5.29. The molecule has 5 heteroatoms. The van der Waals surface area contributed by atoms with Crippen LogP contribution in [0.2, 0.25) is 0 Å². The van der Waals surface area contributed by atoms with Crippen LogP contribution in [0, 0.1) is 0 Å². The van der Waals surface area contributed by atoms with E-state index in [-0.39, 0.29) is 51.4 Å². The van der Waals surface area contributed by atoms with E-state index in [1.807, 2.05) is 6.07 Å². The van der Waals surface area contributed by atoms with Crippen LogP contribution < -0.4 is 4.18 Å². The predicted molar refractivity (Wildman–Crippen MR) is 51.1 cm³/mol. The van der Waals surface area contributed by atoms with E-state index in [0.29, 0.717) is 5.75 Å². The van der Waals surface area contributed by atoms with Gasteiger partial charge in [0.2, 0.25) is 0 Å². The molecule has 0 N–H and O–H groups in total. The molecule has 0 heterocycles. The SMILES string of the molecule is O=[SH](=S)Oc1ccccc1.[KH]. The first-order valence-electron chi connectivity index (χ1n) is 2.66. The molecule has 0 radical (unpaired) electrons. The number of hydrogen-bond donors (Lipinski definition) is 1. The average Bonchev–Trinajstić information content (AvgIpc) is 1.88. The minimum absolute atomic E-state index is 0. The Morgan fingerprint density at radius 1 is 1.27 bits per heavy atom. The molecule has 0 bridgehead atoms. The Kier molecular flexibility index (Phi) is 7.14. The zero-order valence-electron chi connectivity index (χ0n) is 5.06. The monoisotopic (exact) mass is 214 g/mol. The van der Waals surface area contributed by atoms with Gasteiger partial charge in [0.1, 0.15) is 5.75 Å². The maximum atomic E-state index is 10.4. The van der Waals surface area contributed by atoms with Crippen molar-refractivity contribution in [1.29, 1.82) is 0 Å². The van der Waals surface area contributed by atoms with Crippen LogP contribution in [0.5, 0.6) is 5.75 Å². The molecule has 0 spiro atoms. The summed E-state index contributed by atoms with van der Waals surface area (Å²) in [5.41, 5.74) is 0. The number of para-hydroxylation sites is 1. The van der Waals surface area contributed by atoms with E-state index < -0.39 is 9.64 Å². The molecule has 0 aliphatic heterocycles. The summed E-state index contributed by atoms with van der Waals surface area (Å²) in [6.45, 7) is 0. The summed E-state index contributed by atoms with van der Waals surface area (Å²) in [6, 6.07) is 8.86. The molecule has 1 aromatic rings. The topological polar surface area (TPSA) is 26.3 Å². The van der Waals surface area contributed by atoms with Crippen molar-refractivity contribution in [2.24, 2.45) is 0 Å². The van der Waals surface area contributed by atoms with Crippen molar-refractivity contribution >= 4 is 72.2 Å². The van der Waals surface area contributed by atoms with Crippen LogP contribution >= 0.6 is 0 Å². The molecule has 1 atom stereocenters. The van der Waals surface area contributed by atoms with E-state index in [2.05, 4.69) is 11.2 Å². The Hall–Kier alpha value is 1.03. The summed E-state index contributed by atoms with van der Waals surface area (Å²) in [7, 11) is -1.94. The second-order valence-electron chi connectivity index (χ2n) is 1.63. The van der Waals surface area contributed by atoms with Gasteiger partial charge in [0.05, 0.1) is 0 Å². The van der Waals surface area contributed by atoms with Gasteiger partial charge in [-0.05, 0) is 12.1 Å². The summed E-state index contributed by atoms with van der Waals surface area (Å²) in [6.07, 6.45) is 0. The first kappa shape index (κ1) is 12.0. The van der Waals surface area contributed by atoms with Gasteiger partial charge in [0.15, 0.2) is 9.64 Å². The second-order valence-corrected chi connectivity index (χ2v) is 3.15. The van der Waals surface area contributed by atoms with Crippen molar-refractivity contribution in [3.63, 3.8) is 0 Å². The molecule has 0 aliphatic rings. The van der Waals surface area contributed by atoms with Gasteiger partial charge in [0.25, 0.3) is 0 Å². The summed E-state index contributed by atoms with van der Waals surface area (Å²) < 4.78 is 15.1. The second kappa shape index (κ2) is 6.53. The van der Waals surface area contributed by atoms with Gasteiger partial charge in [-0.3, -0.25) is 0 Å². The third-order valence-electron chi connectivity index (χ3n) is 0.923. The van der Waals surface area contributed by atoms with Gasteiger partial charge in [-0.25, -0.2) is 4.21 Å². The molecule has 0 aliphatic carbocycles. The number of hydrogen-bond acceptors (Lipinski definition) is 3. The van der Waals surface area contributed by atoms with Crippen LogP contribution in [-0.4, -0.2) is 55.6 Å². The molecule has 0 saturated carbocycles. The normalized spacial score (nSPS) is 11.3. The van der Waals surface area contributed by atoms with Crippen molar-refractivity contribution < 1.29 is 8.39 Å². The zero-order chi connectivity index (χ0) is 7.40. The van der Waals surface area contributed by atoms with E-state index >= 15 is 0 Å². The maximum absolute atomic E-state index is 10.4. The molecule has 11 heavy (non-hydrogen) atoms. The van der Waals surface area contributed by atoms with E-state index in [9.17, 15) is 4.21 Å². The molecule has 0 fully saturated rings. The number of benzene rings is 1. The minimum atomic E-state index is -1.94. The first-order valence-corrected chi connectivity index (χ1v) is 4.85. The fourth-order valence-corrected chi connectivity index (χ4v) is 1.12. The van der Waals surface area contributed by atoms with Crippen LogP contribution in [0.3, 0.4) is 0 Å². The molecule has 0 saturated heterocycles. The molecule has 56 valence electrons. The summed E-state index contributed by atoms with van der Waals surface area (Å²) in [5.74, 6) is 0.554. The quantitative estimate of drug-likeness (QED) is 0.565. The van der Waals surface area contributed by atoms with Gasteiger partial charge >= 0.3 is 51.4 Å². The third-order valence-corrected chi connectivity index (χ3v) is 1.51. The Balaban J connectivity index is 0.000001000. The zero-order valence-corrected chi connectivity index (χ0v) is 6.77. The Bertz CT molecular complexity index is 263. The Labute approximate surface area is 115 Å². The van der Waals surface area contributed by atoms with Crippen molar-refractivity contribution in [2.45, 2.75) is 0 Å². The molecule has 1 rings (SSSR count). The predicted octanol–water partition coefficient (Wildman–Crippen LogP) is 0.275. The van der Waals surface area contributed by atoms with Crippen molar-refractivity contribution in [3.05, 3.63) is 30.3 Å². The summed E-state index contributed by atoms with van der Waals surface area (Å²) in [5, 5.41) is 0. The molecule has 0 amide bonds. The summed E-state index contributed by atoms with van der Waals surface area (Å²) in [4.78, 5) is 0. The van der Waals surface area contributed by atoms with Crippen molar-refractivity contribution in [3.8, 4) is 5.75 Å². The van der Waals surface area contributed by atoms with Gasteiger partial charge in [-0.15, -0.1) is 0 Å². The van der Waals surface area contributed by atoms with Crippen LogP contribution in [-0.2, 0) is 20.8 Å². The van der Waals surface area contributed by atoms with Crippen LogP contribution in [0.25, 0.3) is 0 Å². The van der Waals surface area contributed by atoms with E-state index in [1.54, 1.807) is 24.3 Å². The van der Waals surface area contributed by atoms with Gasteiger partial charge in [0, 0.05) is 11.2 Å². The van der Waals surface area contributed by atoms with Gasteiger partial charge in [-0.2, -0.15) is 0 Å². The molecular weight excluding hydrogens is 207 g/mol. The van der Waals surface area contributed by atoms with Gasteiger partial charge < -0.3 is 4.18 Å². The Morgan fingerprint density at radius 3 is 2.27 bits per heavy atom. The van der Waals surface area contributed by atoms with E-state index in [4.69, 9.17) is 4.18 Å². The van der Waals surface area contributed by atoms with E-state index in [0.717, 1.165) is 0 Å². The number of rotatable bonds is 2. The standard InChI is InChI=1S/C6H6O2S2.K.H/c7-10(9)8-6-4-2-1-3-5-6;;/h1-5,10H;;. The molecule has 2 nitrogen and oxygen atoms in total. The molecular formula is C6H7KO2S2. The Morgan fingerprint density at radius 2 is 1.82 bits per heavy atom. The summed E-state index contributed by atoms with van der Waals surface area (Å²) >= 11 is 4.35. The molecule has 1 aromatic carbocycles. The van der Waals surface area contributed by atoms with Crippen molar-refractivity contribution in [2.75, 3.05) is 0 Å². The first-order chi connectivity index (χ1) is 4.79.